The molecule has 1 unspecified atom stereocenters. The van der Waals surface area contributed by atoms with Crippen LogP contribution in [0.25, 0.3) is 0 Å². The monoisotopic (exact) mass is 269 g/mol. The zero-order chi connectivity index (χ0) is 13.7. The molecule has 0 bridgehead atoms. The van der Waals surface area contributed by atoms with Crippen molar-refractivity contribution in [2.75, 3.05) is 7.11 Å². The van der Waals surface area contributed by atoms with Gasteiger partial charge in [0.1, 0.15) is 6.04 Å². The van der Waals surface area contributed by atoms with Crippen molar-refractivity contribution in [3.05, 3.63) is 21.4 Å². The maximum atomic E-state index is 11.7. The van der Waals surface area contributed by atoms with E-state index in [2.05, 4.69) is 39.1 Å². The second kappa shape index (κ2) is 6.90. The molecule has 1 aromatic rings. The summed E-state index contributed by atoms with van der Waals surface area (Å²) in [7, 11) is 1.44. The van der Waals surface area contributed by atoms with Crippen molar-refractivity contribution in [1.29, 1.82) is 0 Å². The number of hydrogen-bond donors (Lipinski definition) is 1. The fourth-order valence-electron chi connectivity index (χ4n) is 1.97. The minimum Gasteiger partial charge on any atom is -0.468 e. The first-order valence-corrected chi connectivity index (χ1v) is 7.12. The summed E-state index contributed by atoms with van der Waals surface area (Å²) in [5.41, 5.74) is 1.27. The fourth-order valence-corrected chi connectivity index (χ4v) is 2.92. The van der Waals surface area contributed by atoms with E-state index in [1.807, 2.05) is 0 Å². The van der Waals surface area contributed by atoms with Crippen LogP contribution in [0.3, 0.4) is 0 Å². The van der Waals surface area contributed by atoms with E-state index >= 15 is 0 Å². The quantitative estimate of drug-likeness (QED) is 0.807. The summed E-state index contributed by atoms with van der Waals surface area (Å²) in [5.74, 6) is 0.292. The van der Waals surface area contributed by atoms with Crippen LogP contribution in [0.5, 0.6) is 0 Å². The molecule has 18 heavy (non-hydrogen) atoms. The van der Waals surface area contributed by atoms with Crippen molar-refractivity contribution in [3.63, 3.8) is 0 Å². The molecular formula is C14H23NO2S. The van der Waals surface area contributed by atoms with Crippen molar-refractivity contribution in [2.24, 2.45) is 5.92 Å². The molecule has 0 amide bonds. The number of carbonyl (C=O) groups is 1. The SMILES string of the molecule is COC(=O)C(CC(C)C)NCc1cc(C)sc1C. The Morgan fingerprint density at radius 1 is 1.44 bits per heavy atom. The lowest BCUT2D eigenvalue weighted by molar-refractivity contribution is -0.143. The zero-order valence-corrected chi connectivity index (χ0v) is 12.7. The van der Waals surface area contributed by atoms with Crippen LogP contribution in [0.15, 0.2) is 6.07 Å². The maximum absolute atomic E-state index is 11.7. The highest BCUT2D eigenvalue weighted by atomic mass is 32.1. The van der Waals surface area contributed by atoms with Gasteiger partial charge in [-0.1, -0.05) is 13.8 Å². The second-order valence-electron chi connectivity index (χ2n) is 5.02. The Morgan fingerprint density at radius 2 is 2.11 bits per heavy atom. The van der Waals surface area contributed by atoms with Gasteiger partial charge in [-0.25, -0.2) is 0 Å². The second-order valence-corrected chi connectivity index (χ2v) is 6.49. The topological polar surface area (TPSA) is 38.3 Å². The van der Waals surface area contributed by atoms with Crippen LogP contribution in [-0.4, -0.2) is 19.1 Å². The number of nitrogens with one attached hydrogen (secondary N) is 1. The van der Waals surface area contributed by atoms with Gasteiger partial charge in [0.25, 0.3) is 0 Å². The molecule has 0 aliphatic carbocycles. The maximum Gasteiger partial charge on any atom is 0.322 e. The minimum atomic E-state index is -0.213. The van der Waals surface area contributed by atoms with Gasteiger partial charge < -0.3 is 10.1 Å². The lowest BCUT2D eigenvalue weighted by Crippen LogP contribution is -2.38. The highest BCUT2D eigenvalue weighted by Gasteiger charge is 2.20. The van der Waals surface area contributed by atoms with Crippen molar-refractivity contribution < 1.29 is 9.53 Å². The van der Waals surface area contributed by atoms with E-state index in [0.717, 1.165) is 13.0 Å². The van der Waals surface area contributed by atoms with Gasteiger partial charge in [0.05, 0.1) is 7.11 Å². The molecule has 0 aromatic carbocycles. The van der Waals surface area contributed by atoms with E-state index < -0.39 is 0 Å². The molecular weight excluding hydrogens is 246 g/mol. The first-order chi connectivity index (χ1) is 8.43. The summed E-state index contributed by atoms with van der Waals surface area (Å²) >= 11 is 1.79. The molecule has 0 aliphatic heterocycles. The minimum absolute atomic E-state index is 0.173. The number of esters is 1. The van der Waals surface area contributed by atoms with Crippen LogP contribution in [0, 0.1) is 19.8 Å². The van der Waals surface area contributed by atoms with E-state index in [-0.39, 0.29) is 12.0 Å². The van der Waals surface area contributed by atoms with Gasteiger partial charge in [-0.3, -0.25) is 4.79 Å². The molecule has 102 valence electrons. The molecule has 0 saturated heterocycles. The van der Waals surface area contributed by atoms with E-state index in [9.17, 15) is 4.79 Å². The molecule has 0 radical (unpaired) electrons. The number of ether oxygens (including phenoxy) is 1. The number of hydrogen-bond acceptors (Lipinski definition) is 4. The number of aryl methyl sites for hydroxylation is 2. The predicted octanol–water partition coefficient (Wildman–Crippen LogP) is 3.04. The molecule has 0 aliphatic rings. The summed E-state index contributed by atoms with van der Waals surface area (Å²) in [4.78, 5) is 14.3. The summed E-state index contributed by atoms with van der Waals surface area (Å²) < 4.78 is 4.84. The van der Waals surface area contributed by atoms with Crippen molar-refractivity contribution >= 4 is 17.3 Å². The van der Waals surface area contributed by atoms with Crippen molar-refractivity contribution in [1.82, 2.24) is 5.32 Å². The van der Waals surface area contributed by atoms with Crippen LogP contribution < -0.4 is 5.32 Å². The molecule has 1 rings (SSSR count). The van der Waals surface area contributed by atoms with E-state index in [1.165, 1.54) is 22.4 Å². The molecule has 1 atom stereocenters. The predicted molar refractivity (Wildman–Crippen MR) is 75.9 cm³/mol. The first kappa shape index (κ1) is 15.2. The molecule has 1 aromatic heterocycles. The third kappa shape index (κ3) is 4.42. The van der Waals surface area contributed by atoms with Gasteiger partial charge in [-0.05, 0) is 37.8 Å². The van der Waals surface area contributed by atoms with Gasteiger partial charge in [0.15, 0.2) is 0 Å². The van der Waals surface area contributed by atoms with Crippen molar-refractivity contribution in [2.45, 2.75) is 46.7 Å². The van der Waals surface area contributed by atoms with Crippen LogP contribution in [0.4, 0.5) is 0 Å². The summed E-state index contributed by atoms with van der Waals surface area (Å²) in [5, 5.41) is 3.30. The van der Waals surface area contributed by atoms with Crippen LogP contribution in [0.1, 0.15) is 35.6 Å². The van der Waals surface area contributed by atoms with Gasteiger partial charge in [-0.15, -0.1) is 11.3 Å². The smallest absolute Gasteiger partial charge is 0.322 e. The number of carbonyl (C=O) groups excluding carboxylic acids is 1. The van der Waals surface area contributed by atoms with Crippen molar-refractivity contribution in [3.8, 4) is 0 Å². The van der Waals surface area contributed by atoms with Gasteiger partial charge >= 0.3 is 5.97 Å². The summed E-state index contributed by atoms with van der Waals surface area (Å²) in [6.07, 6.45) is 0.800. The molecule has 0 fully saturated rings. The number of methoxy groups -OCH3 is 1. The lowest BCUT2D eigenvalue weighted by Gasteiger charge is -2.18. The number of thiophene rings is 1. The Labute approximate surface area is 114 Å². The normalized spacial score (nSPS) is 12.8. The average Bonchev–Trinajstić information content (AvgIpc) is 2.61. The lowest BCUT2D eigenvalue weighted by atomic mass is 10.0. The molecule has 3 nitrogen and oxygen atoms in total. The van der Waals surface area contributed by atoms with Gasteiger partial charge in [0, 0.05) is 16.3 Å². The van der Waals surface area contributed by atoms with E-state index in [4.69, 9.17) is 4.74 Å². The molecule has 1 N–H and O–H groups in total. The van der Waals surface area contributed by atoms with Gasteiger partial charge in [0.2, 0.25) is 0 Å². The third-order valence-corrected chi connectivity index (χ3v) is 3.88. The van der Waals surface area contributed by atoms with E-state index in [0.29, 0.717) is 5.92 Å². The Hall–Kier alpha value is -0.870. The molecule has 1 heterocycles. The highest BCUT2D eigenvalue weighted by molar-refractivity contribution is 7.12. The Balaban J connectivity index is 2.61. The van der Waals surface area contributed by atoms with E-state index in [1.54, 1.807) is 11.3 Å². The Kier molecular flexibility index (Phi) is 5.82. The van der Waals surface area contributed by atoms with Gasteiger partial charge in [-0.2, -0.15) is 0 Å². The fraction of sp³-hybridized carbons (Fsp3) is 0.643. The molecule has 4 heteroatoms. The standard InChI is InChI=1S/C14H23NO2S/c1-9(2)6-13(14(16)17-5)15-8-12-7-10(3)18-11(12)4/h7,9,13,15H,6,8H2,1-5H3. The largest absolute Gasteiger partial charge is 0.468 e. The zero-order valence-electron chi connectivity index (χ0n) is 11.9. The average molecular weight is 269 g/mol. The third-order valence-electron chi connectivity index (χ3n) is 2.88. The van der Waals surface area contributed by atoms with Crippen LogP contribution in [0.2, 0.25) is 0 Å². The number of rotatable bonds is 6. The Morgan fingerprint density at radius 3 is 2.56 bits per heavy atom. The summed E-state index contributed by atoms with van der Waals surface area (Å²) in [6.45, 7) is 9.16. The van der Waals surface area contributed by atoms with Crippen LogP contribution in [-0.2, 0) is 16.1 Å². The summed E-state index contributed by atoms with van der Waals surface area (Å²) in [6, 6.07) is 1.96. The highest BCUT2D eigenvalue weighted by Crippen LogP contribution is 2.20. The molecule has 0 spiro atoms. The Bertz CT molecular complexity index is 398. The first-order valence-electron chi connectivity index (χ1n) is 6.31. The molecule has 0 saturated carbocycles. The van der Waals surface area contributed by atoms with Crippen LogP contribution >= 0.6 is 11.3 Å².